The van der Waals surface area contributed by atoms with Crippen molar-refractivity contribution in [3.63, 3.8) is 0 Å². The average molecular weight is 686 g/mol. The molecule has 43 heavy (non-hydrogen) atoms. The number of aromatic amines is 1. The van der Waals surface area contributed by atoms with Crippen LogP contribution in [0.15, 0.2) is 91.5 Å². The molecule has 3 heterocycles. The number of nitrogens with one attached hydrogen (secondary N) is 4. The van der Waals surface area contributed by atoms with Crippen molar-refractivity contribution in [1.29, 1.82) is 0 Å². The zero-order valence-electron chi connectivity index (χ0n) is 23.0. The van der Waals surface area contributed by atoms with Crippen LogP contribution >= 0.6 is 22.9 Å². The van der Waals surface area contributed by atoms with Crippen molar-refractivity contribution >= 4 is 74.4 Å². The number of carbonyl (C=O) groups excluding carboxylic acids is 2. The van der Waals surface area contributed by atoms with Crippen LogP contribution in [0, 0.1) is 0 Å². The van der Waals surface area contributed by atoms with Gasteiger partial charge in [-0.05, 0) is 48.5 Å². The van der Waals surface area contributed by atoms with Crippen LogP contribution in [0.1, 0.15) is 10.5 Å². The number of piperazine rings is 1. The molecule has 11 nitrogen and oxygen atoms in total. The molecule has 6 rings (SSSR count). The zero-order valence-corrected chi connectivity index (χ0v) is 25.2. The second-order valence-corrected chi connectivity index (χ2v) is 11.2. The molecule has 0 radical (unpaired) electrons. The zero-order chi connectivity index (χ0) is 29.8. The second kappa shape index (κ2) is 12.6. The number of rotatable bonds is 8. The van der Waals surface area contributed by atoms with Gasteiger partial charge in [0, 0.05) is 77.4 Å². The molecule has 5 aromatic rings. The number of amides is 2. The van der Waals surface area contributed by atoms with Gasteiger partial charge < -0.3 is 20.9 Å². The minimum atomic E-state index is -0.380. The molecular weight excluding hydrogens is 657 g/mol. The first kappa shape index (κ1) is 28.3. The fourth-order valence-corrected chi connectivity index (χ4v) is 5.29. The highest BCUT2D eigenvalue weighted by molar-refractivity contribution is 14.1. The molecule has 0 aliphatic carbocycles. The van der Waals surface area contributed by atoms with E-state index in [0.717, 1.165) is 37.6 Å². The molecule has 4 N–H and O–H groups in total. The third-order valence-corrected chi connectivity index (χ3v) is 7.92. The minimum absolute atomic E-state index is 0.220. The molecule has 1 aliphatic rings. The number of anilines is 5. The first-order valence-corrected chi connectivity index (χ1v) is 14.6. The molecule has 0 atom stereocenters. The van der Waals surface area contributed by atoms with Gasteiger partial charge in [0.15, 0.2) is 5.65 Å². The fraction of sp³-hybridized carbons (Fsp3) is 0.129. The van der Waals surface area contributed by atoms with Gasteiger partial charge in [0.25, 0.3) is 5.91 Å². The Kier molecular flexibility index (Phi) is 8.29. The molecule has 0 saturated carbocycles. The molecule has 216 valence electrons. The molecule has 0 spiro atoms. The number of hydrogen-bond acceptors (Lipinski definition) is 8. The largest absolute Gasteiger partial charge is 0.369 e. The van der Waals surface area contributed by atoms with Crippen molar-refractivity contribution in [2.45, 2.75) is 0 Å². The fourth-order valence-electron chi connectivity index (χ4n) is 4.86. The van der Waals surface area contributed by atoms with E-state index in [1.54, 1.807) is 30.3 Å². The predicted molar refractivity (Wildman–Crippen MR) is 178 cm³/mol. The number of halogens is 1. The number of benzene rings is 3. The van der Waals surface area contributed by atoms with Gasteiger partial charge in [-0.1, -0.05) is 43.0 Å². The molecule has 1 saturated heterocycles. The first-order chi connectivity index (χ1) is 21.0. The van der Waals surface area contributed by atoms with Gasteiger partial charge in [-0.15, -0.1) is 0 Å². The minimum Gasteiger partial charge on any atom is -0.369 e. The van der Waals surface area contributed by atoms with E-state index in [1.165, 1.54) is 6.08 Å². The Morgan fingerprint density at radius 1 is 0.860 bits per heavy atom. The van der Waals surface area contributed by atoms with Gasteiger partial charge in [0.05, 0.1) is 11.1 Å². The molecule has 2 amide bonds. The van der Waals surface area contributed by atoms with Crippen LogP contribution in [0.2, 0.25) is 0 Å². The monoisotopic (exact) mass is 685 g/mol. The molecule has 0 bridgehead atoms. The first-order valence-electron chi connectivity index (χ1n) is 13.7. The van der Waals surface area contributed by atoms with Gasteiger partial charge in [0.2, 0.25) is 11.9 Å². The van der Waals surface area contributed by atoms with E-state index in [0.29, 0.717) is 39.6 Å². The Bertz CT molecular complexity index is 1800. The summed E-state index contributed by atoms with van der Waals surface area (Å²) in [5.41, 5.74) is 4.82. The van der Waals surface area contributed by atoms with Gasteiger partial charge in [0.1, 0.15) is 5.69 Å². The lowest BCUT2D eigenvalue weighted by atomic mass is 10.1. The van der Waals surface area contributed by atoms with Crippen LogP contribution in [0.4, 0.5) is 28.7 Å². The summed E-state index contributed by atoms with van der Waals surface area (Å²) < 4.78 is 2.29. The Morgan fingerprint density at radius 3 is 2.40 bits per heavy atom. The van der Waals surface area contributed by atoms with E-state index in [9.17, 15) is 9.59 Å². The molecular formula is C31H28IN9O2. The van der Waals surface area contributed by atoms with Crippen molar-refractivity contribution in [3.8, 4) is 11.3 Å². The number of aromatic nitrogens is 4. The van der Waals surface area contributed by atoms with Crippen LogP contribution in [0.25, 0.3) is 22.3 Å². The van der Waals surface area contributed by atoms with Crippen LogP contribution in [-0.2, 0) is 4.79 Å². The molecule has 1 fully saturated rings. The topological polar surface area (TPSA) is 131 Å². The summed E-state index contributed by atoms with van der Waals surface area (Å²) in [5, 5.41) is 16.7. The normalized spacial score (nSPS) is 13.5. The maximum absolute atomic E-state index is 13.4. The third kappa shape index (κ3) is 6.49. The van der Waals surface area contributed by atoms with Gasteiger partial charge in [-0.25, -0.2) is 8.10 Å². The highest BCUT2D eigenvalue weighted by atomic mass is 127. The quantitative estimate of drug-likeness (QED) is 0.0943. The van der Waals surface area contributed by atoms with Crippen molar-refractivity contribution < 1.29 is 9.59 Å². The van der Waals surface area contributed by atoms with Crippen molar-refractivity contribution in [2.24, 2.45) is 0 Å². The van der Waals surface area contributed by atoms with Crippen molar-refractivity contribution in [2.75, 3.05) is 47.0 Å². The SMILES string of the molecule is C=CC(=O)Nc1cccc(-c2nc(Nc3cccc(N4CCN(I)CC4)c3)nc3n[nH]c(C(=O)Nc4ccccc4)c23)c1. The number of H-pyrrole nitrogens is 1. The van der Waals surface area contributed by atoms with Crippen LogP contribution in [0.5, 0.6) is 0 Å². The summed E-state index contributed by atoms with van der Waals surface area (Å²) >= 11 is 2.36. The van der Waals surface area contributed by atoms with E-state index in [2.05, 4.69) is 80.7 Å². The Balaban J connectivity index is 1.39. The summed E-state index contributed by atoms with van der Waals surface area (Å²) in [6.45, 7) is 7.40. The number of fused-ring (bicyclic) bond motifs is 1. The molecule has 1 aliphatic heterocycles. The van der Waals surface area contributed by atoms with Crippen LogP contribution < -0.4 is 20.9 Å². The van der Waals surface area contributed by atoms with E-state index in [-0.39, 0.29) is 17.5 Å². The lowest BCUT2D eigenvalue weighted by Crippen LogP contribution is -2.42. The second-order valence-electron chi connectivity index (χ2n) is 9.86. The maximum atomic E-state index is 13.4. The van der Waals surface area contributed by atoms with E-state index >= 15 is 0 Å². The van der Waals surface area contributed by atoms with Crippen LogP contribution in [-0.4, -0.2) is 61.3 Å². The number of para-hydroxylation sites is 1. The number of hydrogen-bond donors (Lipinski definition) is 4. The van der Waals surface area contributed by atoms with Gasteiger partial charge >= 0.3 is 0 Å². The van der Waals surface area contributed by atoms with E-state index < -0.39 is 0 Å². The smallest absolute Gasteiger partial charge is 0.274 e. The summed E-state index contributed by atoms with van der Waals surface area (Å²) in [5.74, 6) is -0.396. The van der Waals surface area contributed by atoms with Crippen molar-refractivity contribution in [3.05, 3.63) is 97.2 Å². The Hall–Kier alpha value is -4.82. The van der Waals surface area contributed by atoms with Crippen molar-refractivity contribution in [1.82, 2.24) is 23.3 Å². The highest BCUT2D eigenvalue weighted by Gasteiger charge is 2.22. The molecule has 0 unspecified atom stereocenters. The van der Waals surface area contributed by atoms with E-state index in [4.69, 9.17) is 4.98 Å². The van der Waals surface area contributed by atoms with Gasteiger partial charge in [-0.2, -0.15) is 10.1 Å². The molecule has 3 aromatic carbocycles. The Labute approximate surface area is 261 Å². The Morgan fingerprint density at radius 2 is 1.60 bits per heavy atom. The standard InChI is InChI=1S/C31H28IN9O2/c1-2-25(42)33-22-11-6-8-20(18-22)27-26-28(30(43)34-21-9-4-3-5-10-21)38-39-29(26)37-31(36-27)35-23-12-7-13-24(19-23)40-14-16-41(32)17-15-40/h2-13,18-19H,1,14-17H2,(H,33,42)(H,34,43)(H2,35,36,37,38,39). The summed E-state index contributed by atoms with van der Waals surface area (Å²) in [4.78, 5) is 37.2. The average Bonchev–Trinajstić information content (AvgIpc) is 3.46. The van der Waals surface area contributed by atoms with Crippen LogP contribution in [0.3, 0.4) is 0 Å². The highest BCUT2D eigenvalue weighted by Crippen LogP contribution is 2.32. The third-order valence-electron chi connectivity index (χ3n) is 6.95. The lowest BCUT2D eigenvalue weighted by molar-refractivity contribution is -0.111. The lowest BCUT2D eigenvalue weighted by Gasteiger charge is -2.33. The maximum Gasteiger partial charge on any atom is 0.274 e. The predicted octanol–water partition coefficient (Wildman–Crippen LogP) is 5.61. The summed E-state index contributed by atoms with van der Waals surface area (Å²) in [6.07, 6.45) is 1.20. The summed E-state index contributed by atoms with van der Waals surface area (Å²) in [7, 11) is 0. The molecule has 2 aromatic heterocycles. The van der Waals surface area contributed by atoms with Gasteiger partial charge in [-0.3, -0.25) is 14.7 Å². The summed E-state index contributed by atoms with van der Waals surface area (Å²) in [6, 6.07) is 24.5. The number of nitrogens with zero attached hydrogens (tertiary/aromatic N) is 5. The number of carbonyl (C=O) groups is 2. The van der Waals surface area contributed by atoms with E-state index in [1.807, 2.05) is 36.4 Å². The molecule has 12 heteroatoms.